The minimum Gasteiger partial charge on any atom is -0.340 e. The minimum absolute atomic E-state index is 0.0636. The molecule has 4 rings (SSSR count). The van der Waals surface area contributed by atoms with Crippen molar-refractivity contribution in [1.29, 1.82) is 0 Å². The van der Waals surface area contributed by atoms with Crippen molar-refractivity contribution in [3.05, 3.63) is 35.4 Å². The summed E-state index contributed by atoms with van der Waals surface area (Å²) < 4.78 is 0. The van der Waals surface area contributed by atoms with Gasteiger partial charge in [-0.25, -0.2) is 4.79 Å². The fourth-order valence-electron chi connectivity index (χ4n) is 5.26. The maximum absolute atomic E-state index is 13.4. The standard InChI is InChI=1S/C24H34N4O3/c1-3-12-26-14-10-24(11-15-26)22(30)28(23(31)25-24)20-9-6-13-27(17-20)21(29)16-19-8-5-4-7-18(19)2/h4-5,7-8,20H,3,6,9-17H2,1-2H3,(H,25,31)/t20-/m0/s1. The van der Waals surface area contributed by atoms with Crippen LogP contribution in [0.5, 0.6) is 0 Å². The fourth-order valence-corrected chi connectivity index (χ4v) is 5.26. The van der Waals surface area contributed by atoms with Gasteiger partial charge in [0.1, 0.15) is 5.54 Å². The molecule has 1 aromatic carbocycles. The van der Waals surface area contributed by atoms with Crippen LogP contribution < -0.4 is 5.32 Å². The third-order valence-corrected chi connectivity index (χ3v) is 7.16. The van der Waals surface area contributed by atoms with E-state index in [4.69, 9.17) is 0 Å². The van der Waals surface area contributed by atoms with Gasteiger partial charge >= 0.3 is 6.03 Å². The number of rotatable bonds is 5. The van der Waals surface area contributed by atoms with E-state index in [0.717, 1.165) is 50.0 Å². The van der Waals surface area contributed by atoms with Gasteiger partial charge in [0.25, 0.3) is 5.91 Å². The van der Waals surface area contributed by atoms with Gasteiger partial charge in [0, 0.05) is 26.2 Å². The number of hydrogen-bond donors (Lipinski definition) is 1. The third-order valence-electron chi connectivity index (χ3n) is 7.16. The topological polar surface area (TPSA) is 73.0 Å². The molecular formula is C24H34N4O3. The van der Waals surface area contributed by atoms with E-state index in [2.05, 4.69) is 17.1 Å². The summed E-state index contributed by atoms with van der Waals surface area (Å²) in [5.74, 6) is -0.0273. The molecule has 0 aromatic heterocycles. The van der Waals surface area contributed by atoms with E-state index in [1.807, 2.05) is 36.1 Å². The van der Waals surface area contributed by atoms with Crippen LogP contribution in [-0.4, -0.2) is 76.8 Å². The van der Waals surface area contributed by atoms with E-state index >= 15 is 0 Å². The smallest absolute Gasteiger partial charge is 0.325 e. The number of nitrogens with one attached hydrogen (secondary N) is 1. The lowest BCUT2D eigenvalue weighted by Gasteiger charge is -2.39. The summed E-state index contributed by atoms with van der Waals surface area (Å²) in [6.45, 7) is 7.98. The first-order chi connectivity index (χ1) is 14.9. The Morgan fingerprint density at radius 3 is 2.61 bits per heavy atom. The lowest BCUT2D eigenvalue weighted by atomic mass is 9.87. The highest BCUT2D eigenvalue weighted by molar-refractivity contribution is 6.07. The Balaban J connectivity index is 1.41. The lowest BCUT2D eigenvalue weighted by Crippen LogP contribution is -2.56. The van der Waals surface area contributed by atoms with Crippen molar-refractivity contribution in [1.82, 2.24) is 20.0 Å². The normalized spacial score (nSPS) is 24.0. The van der Waals surface area contributed by atoms with Crippen LogP contribution in [0.1, 0.15) is 50.2 Å². The van der Waals surface area contributed by atoms with Gasteiger partial charge < -0.3 is 15.1 Å². The van der Waals surface area contributed by atoms with Gasteiger partial charge in [0.15, 0.2) is 0 Å². The van der Waals surface area contributed by atoms with E-state index in [1.54, 1.807) is 0 Å². The van der Waals surface area contributed by atoms with Crippen molar-refractivity contribution in [2.24, 2.45) is 0 Å². The maximum atomic E-state index is 13.4. The van der Waals surface area contributed by atoms with Crippen LogP contribution in [0.15, 0.2) is 24.3 Å². The Kier molecular flexibility index (Phi) is 6.32. The van der Waals surface area contributed by atoms with Crippen molar-refractivity contribution >= 4 is 17.8 Å². The predicted octanol–water partition coefficient (Wildman–Crippen LogP) is 2.32. The van der Waals surface area contributed by atoms with Crippen molar-refractivity contribution in [3.8, 4) is 0 Å². The predicted molar refractivity (Wildman–Crippen MR) is 119 cm³/mol. The summed E-state index contributed by atoms with van der Waals surface area (Å²) in [6.07, 6.45) is 4.34. The number of amides is 4. The van der Waals surface area contributed by atoms with Crippen LogP contribution in [0.3, 0.4) is 0 Å². The molecule has 0 saturated carbocycles. The monoisotopic (exact) mass is 426 g/mol. The lowest BCUT2D eigenvalue weighted by molar-refractivity contribution is -0.138. The highest BCUT2D eigenvalue weighted by atomic mass is 16.2. The Bertz CT molecular complexity index is 847. The number of benzene rings is 1. The Morgan fingerprint density at radius 2 is 1.90 bits per heavy atom. The molecule has 0 unspecified atom stereocenters. The number of aryl methyl sites for hydroxylation is 1. The number of nitrogens with zero attached hydrogens (tertiary/aromatic N) is 3. The third kappa shape index (κ3) is 4.33. The first kappa shape index (κ1) is 21.8. The zero-order valence-corrected chi connectivity index (χ0v) is 18.7. The van der Waals surface area contributed by atoms with Gasteiger partial charge in [0.05, 0.1) is 12.5 Å². The van der Waals surface area contributed by atoms with Crippen molar-refractivity contribution in [2.75, 3.05) is 32.7 Å². The molecule has 4 amide bonds. The van der Waals surface area contributed by atoms with E-state index in [0.29, 0.717) is 32.4 Å². The molecule has 7 nitrogen and oxygen atoms in total. The zero-order chi connectivity index (χ0) is 22.0. The second-order valence-electron chi connectivity index (χ2n) is 9.27. The largest absolute Gasteiger partial charge is 0.340 e. The van der Waals surface area contributed by atoms with Gasteiger partial charge in [-0.3, -0.25) is 14.5 Å². The van der Waals surface area contributed by atoms with Crippen LogP contribution >= 0.6 is 0 Å². The Hall–Kier alpha value is -2.41. The number of imide groups is 1. The summed E-state index contributed by atoms with van der Waals surface area (Å²) >= 11 is 0. The second kappa shape index (κ2) is 8.99. The number of carbonyl (C=O) groups is 3. The van der Waals surface area contributed by atoms with Gasteiger partial charge in [-0.15, -0.1) is 0 Å². The first-order valence-electron chi connectivity index (χ1n) is 11.6. The molecule has 3 heterocycles. The zero-order valence-electron chi connectivity index (χ0n) is 18.7. The molecular weight excluding hydrogens is 392 g/mol. The summed E-state index contributed by atoms with van der Waals surface area (Å²) in [5, 5.41) is 3.03. The molecule has 3 fully saturated rings. The highest BCUT2D eigenvalue weighted by Crippen LogP contribution is 2.32. The quantitative estimate of drug-likeness (QED) is 0.734. The Morgan fingerprint density at radius 1 is 1.16 bits per heavy atom. The minimum atomic E-state index is -0.755. The average Bonchev–Trinajstić information content (AvgIpc) is 3.01. The molecule has 1 aromatic rings. The molecule has 7 heteroatoms. The van der Waals surface area contributed by atoms with E-state index < -0.39 is 5.54 Å². The molecule has 1 spiro atoms. The van der Waals surface area contributed by atoms with E-state index in [-0.39, 0.29) is 23.9 Å². The number of hydrogen-bond acceptors (Lipinski definition) is 4. The van der Waals surface area contributed by atoms with Gasteiger partial charge in [0.2, 0.25) is 5.91 Å². The molecule has 1 atom stereocenters. The molecule has 0 aliphatic carbocycles. The average molecular weight is 427 g/mol. The van der Waals surface area contributed by atoms with Crippen molar-refractivity contribution in [2.45, 2.75) is 64.0 Å². The fraction of sp³-hybridized carbons (Fsp3) is 0.625. The molecule has 0 bridgehead atoms. The van der Waals surface area contributed by atoms with Gasteiger partial charge in [-0.05, 0) is 56.7 Å². The first-order valence-corrected chi connectivity index (χ1v) is 11.6. The van der Waals surface area contributed by atoms with Gasteiger partial charge in [-0.2, -0.15) is 0 Å². The molecule has 1 N–H and O–H groups in total. The van der Waals surface area contributed by atoms with E-state index in [9.17, 15) is 14.4 Å². The van der Waals surface area contributed by atoms with Crippen molar-refractivity contribution in [3.63, 3.8) is 0 Å². The number of carbonyl (C=O) groups excluding carboxylic acids is 3. The summed E-state index contributed by atoms with van der Waals surface area (Å²) in [7, 11) is 0. The van der Waals surface area contributed by atoms with Gasteiger partial charge in [-0.1, -0.05) is 31.2 Å². The summed E-state index contributed by atoms with van der Waals surface area (Å²) in [6, 6.07) is 7.40. The van der Waals surface area contributed by atoms with Crippen LogP contribution in [0.4, 0.5) is 4.79 Å². The molecule has 3 aliphatic heterocycles. The van der Waals surface area contributed by atoms with Crippen LogP contribution in [0.2, 0.25) is 0 Å². The molecule has 3 aliphatic rings. The maximum Gasteiger partial charge on any atom is 0.325 e. The van der Waals surface area contributed by atoms with E-state index in [1.165, 1.54) is 4.90 Å². The summed E-state index contributed by atoms with van der Waals surface area (Å²) in [5.41, 5.74) is 1.38. The Labute approximate surface area is 184 Å². The van der Waals surface area contributed by atoms with Crippen LogP contribution in [0, 0.1) is 6.92 Å². The van der Waals surface area contributed by atoms with Crippen LogP contribution in [0.25, 0.3) is 0 Å². The molecule has 31 heavy (non-hydrogen) atoms. The molecule has 168 valence electrons. The number of piperidine rings is 2. The molecule has 0 radical (unpaired) electrons. The SMILES string of the molecule is CCCN1CCC2(CC1)NC(=O)N([C@H]1CCCN(C(=O)Cc3ccccc3C)C1)C2=O. The summed E-state index contributed by atoms with van der Waals surface area (Å²) in [4.78, 5) is 44.8. The highest BCUT2D eigenvalue weighted by Gasteiger charge is 2.54. The second-order valence-corrected chi connectivity index (χ2v) is 9.27. The van der Waals surface area contributed by atoms with Crippen molar-refractivity contribution < 1.29 is 14.4 Å². The number of urea groups is 1. The number of likely N-dealkylation sites (tertiary alicyclic amines) is 2. The van der Waals surface area contributed by atoms with Crippen LogP contribution in [-0.2, 0) is 16.0 Å². The molecule has 3 saturated heterocycles.